The molecule has 2 aliphatic heterocycles. The first kappa shape index (κ1) is 19.0. The first-order valence-electron chi connectivity index (χ1n) is 8.61. The SMILES string of the molecule is CC(O)C1C(=O)N2C(C(=O)O)C(=O)CC12C(C)Cc1ccc([N+](=O)[O-])cc1. The molecule has 0 aliphatic carbocycles. The molecule has 5 atom stereocenters. The summed E-state index contributed by atoms with van der Waals surface area (Å²) in [6.45, 7) is 3.26. The monoisotopic (exact) mass is 376 g/mol. The Morgan fingerprint density at radius 3 is 2.41 bits per heavy atom. The predicted octanol–water partition coefficient (Wildman–Crippen LogP) is 0.777. The molecule has 2 aliphatic rings. The molecule has 0 aromatic heterocycles. The van der Waals surface area contributed by atoms with Crippen LogP contribution in [0.3, 0.4) is 0 Å². The number of hydrogen-bond acceptors (Lipinski definition) is 6. The molecular formula is C18H20N2O7. The fourth-order valence-electron chi connectivity index (χ4n) is 4.61. The molecule has 27 heavy (non-hydrogen) atoms. The molecule has 3 rings (SSSR count). The van der Waals surface area contributed by atoms with E-state index in [0.29, 0.717) is 6.42 Å². The number of nitro groups is 1. The van der Waals surface area contributed by atoms with Crippen LogP contribution in [0.25, 0.3) is 0 Å². The normalized spacial score (nSPS) is 29.1. The van der Waals surface area contributed by atoms with Gasteiger partial charge in [-0.2, -0.15) is 0 Å². The van der Waals surface area contributed by atoms with Gasteiger partial charge in [-0.05, 0) is 24.8 Å². The molecule has 1 aromatic carbocycles. The fraction of sp³-hybridized carbons (Fsp3) is 0.500. The highest BCUT2D eigenvalue weighted by Crippen LogP contribution is 2.54. The molecular weight excluding hydrogens is 356 g/mol. The highest BCUT2D eigenvalue weighted by molar-refractivity contribution is 6.12. The maximum absolute atomic E-state index is 12.5. The lowest BCUT2D eigenvalue weighted by molar-refractivity contribution is -0.384. The number of amides is 1. The van der Waals surface area contributed by atoms with Crippen molar-refractivity contribution in [2.24, 2.45) is 11.8 Å². The molecule has 9 heteroatoms. The summed E-state index contributed by atoms with van der Waals surface area (Å²) in [7, 11) is 0. The number of ketones is 1. The van der Waals surface area contributed by atoms with Gasteiger partial charge >= 0.3 is 5.97 Å². The van der Waals surface area contributed by atoms with Crippen molar-refractivity contribution in [2.75, 3.05) is 0 Å². The quantitative estimate of drug-likeness (QED) is 0.324. The first-order valence-corrected chi connectivity index (χ1v) is 8.61. The zero-order valence-electron chi connectivity index (χ0n) is 14.9. The Morgan fingerprint density at radius 1 is 1.33 bits per heavy atom. The van der Waals surface area contributed by atoms with Crippen LogP contribution in [0, 0.1) is 22.0 Å². The van der Waals surface area contributed by atoms with Crippen LogP contribution in [0.5, 0.6) is 0 Å². The lowest BCUT2D eigenvalue weighted by Crippen LogP contribution is -2.75. The number of hydrogen-bond donors (Lipinski definition) is 2. The molecule has 2 fully saturated rings. The fourth-order valence-corrected chi connectivity index (χ4v) is 4.61. The van der Waals surface area contributed by atoms with Gasteiger partial charge in [-0.3, -0.25) is 19.7 Å². The third kappa shape index (κ3) is 2.69. The lowest BCUT2D eigenvalue weighted by Gasteiger charge is -2.58. The van der Waals surface area contributed by atoms with E-state index in [1.54, 1.807) is 19.1 Å². The number of aliphatic hydroxyl groups is 1. The maximum Gasteiger partial charge on any atom is 0.334 e. The zero-order chi connectivity index (χ0) is 20.1. The van der Waals surface area contributed by atoms with Crippen LogP contribution in [0.1, 0.15) is 25.8 Å². The summed E-state index contributed by atoms with van der Waals surface area (Å²) in [6.07, 6.45) is -0.766. The Balaban J connectivity index is 1.92. The number of nitrogens with zero attached hydrogens (tertiary/aromatic N) is 2. The van der Waals surface area contributed by atoms with Gasteiger partial charge in [0.2, 0.25) is 5.91 Å². The van der Waals surface area contributed by atoms with Crippen molar-refractivity contribution in [3.05, 3.63) is 39.9 Å². The van der Waals surface area contributed by atoms with Crippen LogP contribution in [0.4, 0.5) is 5.69 Å². The topological polar surface area (TPSA) is 138 Å². The Bertz CT molecular complexity index is 820. The summed E-state index contributed by atoms with van der Waals surface area (Å²) in [6, 6.07) is 4.41. The summed E-state index contributed by atoms with van der Waals surface area (Å²) < 4.78 is 0. The smallest absolute Gasteiger partial charge is 0.334 e. The van der Waals surface area contributed by atoms with E-state index < -0.39 is 46.2 Å². The zero-order valence-corrected chi connectivity index (χ0v) is 14.9. The second-order valence-electron chi connectivity index (χ2n) is 7.33. The summed E-state index contributed by atoms with van der Waals surface area (Å²) in [5.74, 6) is -3.63. The molecule has 5 unspecified atom stereocenters. The van der Waals surface area contributed by atoms with Gasteiger partial charge in [-0.25, -0.2) is 4.79 Å². The van der Waals surface area contributed by atoms with Gasteiger partial charge in [0.15, 0.2) is 11.8 Å². The number of benzene rings is 1. The third-order valence-electron chi connectivity index (χ3n) is 5.77. The number of carbonyl (C=O) groups is 3. The van der Waals surface area contributed by atoms with Gasteiger partial charge in [0.1, 0.15) is 0 Å². The van der Waals surface area contributed by atoms with Crippen LogP contribution in [0.15, 0.2) is 24.3 Å². The van der Waals surface area contributed by atoms with E-state index in [9.17, 15) is 34.7 Å². The van der Waals surface area contributed by atoms with E-state index in [0.717, 1.165) is 10.5 Å². The average molecular weight is 376 g/mol. The first-order chi connectivity index (χ1) is 12.6. The number of carbonyl (C=O) groups excluding carboxylic acids is 2. The molecule has 2 heterocycles. The van der Waals surface area contributed by atoms with Gasteiger partial charge < -0.3 is 15.1 Å². The standard InChI is InChI=1S/C18H20N2O7/c1-9(7-11-3-5-12(6-4-11)20(26)27)18-8-13(22)15(17(24)25)19(18)16(23)14(18)10(2)21/h3-6,9-10,14-15,21H,7-8H2,1-2H3,(H,24,25). The number of nitro benzene ring substituents is 1. The summed E-state index contributed by atoms with van der Waals surface area (Å²) >= 11 is 0. The van der Waals surface area contributed by atoms with Crippen molar-refractivity contribution in [3.63, 3.8) is 0 Å². The van der Waals surface area contributed by atoms with Crippen LogP contribution in [-0.2, 0) is 20.8 Å². The number of β-lactam (4-membered cyclic amide) rings is 1. The average Bonchev–Trinajstić information content (AvgIpc) is 2.84. The maximum atomic E-state index is 12.5. The van der Waals surface area contributed by atoms with Gasteiger partial charge in [-0.1, -0.05) is 19.1 Å². The van der Waals surface area contributed by atoms with E-state index in [4.69, 9.17) is 0 Å². The van der Waals surface area contributed by atoms with Crippen LogP contribution in [0.2, 0.25) is 0 Å². The highest BCUT2D eigenvalue weighted by atomic mass is 16.6. The molecule has 2 saturated heterocycles. The van der Waals surface area contributed by atoms with Gasteiger partial charge in [0.05, 0.1) is 22.5 Å². The third-order valence-corrected chi connectivity index (χ3v) is 5.77. The van der Waals surface area contributed by atoms with Gasteiger partial charge in [0, 0.05) is 18.6 Å². The number of aliphatic carboxylic acids is 1. The molecule has 0 bridgehead atoms. The number of non-ortho nitro benzene ring substituents is 1. The number of aliphatic hydroxyl groups excluding tert-OH is 1. The van der Waals surface area contributed by atoms with Crippen molar-refractivity contribution in [1.29, 1.82) is 0 Å². The molecule has 0 saturated carbocycles. The van der Waals surface area contributed by atoms with E-state index in [1.807, 2.05) is 0 Å². The van der Waals surface area contributed by atoms with Crippen LogP contribution >= 0.6 is 0 Å². The second kappa shape index (κ2) is 6.41. The number of rotatable bonds is 6. The number of carboxylic acid groups (broad SMARTS) is 1. The van der Waals surface area contributed by atoms with Crippen molar-refractivity contribution < 1.29 is 29.5 Å². The van der Waals surface area contributed by atoms with E-state index in [2.05, 4.69) is 0 Å². The molecule has 1 amide bonds. The Morgan fingerprint density at radius 2 is 1.93 bits per heavy atom. The minimum absolute atomic E-state index is 0.0474. The minimum atomic E-state index is -1.52. The molecule has 9 nitrogen and oxygen atoms in total. The van der Waals surface area contributed by atoms with Gasteiger partial charge in [0.25, 0.3) is 5.69 Å². The van der Waals surface area contributed by atoms with Crippen LogP contribution < -0.4 is 0 Å². The lowest BCUT2D eigenvalue weighted by atomic mass is 9.62. The molecule has 144 valence electrons. The van der Waals surface area contributed by atoms with Crippen molar-refractivity contribution in [2.45, 2.75) is 44.4 Å². The van der Waals surface area contributed by atoms with Crippen molar-refractivity contribution in [1.82, 2.24) is 4.90 Å². The van der Waals surface area contributed by atoms with Crippen molar-refractivity contribution in [3.8, 4) is 0 Å². The molecule has 1 aromatic rings. The number of Topliss-reactive ketones (excluding diaryl/α,β-unsaturated/α-hetero) is 1. The van der Waals surface area contributed by atoms with Gasteiger partial charge in [-0.15, -0.1) is 0 Å². The highest BCUT2D eigenvalue weighted by Gasteiger charge is 2.72. The minimum Gasteiger partial charge on any atom is -0.479 e. The second-order valence-corrected chi connectivity index (χ2v) is 7.33. The number of carboxylic acids is 1. The van der Waals surface area contributed by atoms with E-state index in [1.165, 1.54) is 19.1 Å². The Kier molecular flexibility index (Phi) is 4.51. The van der Waals surface area contributed by atoms with Crippen LogP contribution in [-0.4, -0.2) is 55.4 Å². The number of fused-ring (bicyclic) bond motifs is 1. The summed E-state index contributed by atoms with van der Waals surface area (Å²) in [5, 5.41) is 30.3. The summed E-state index contributed by atoms with van der Waals surface area (Å²) in [5.41, 5.74) is -0.348. The Labute approximate surface area is 154 Å². The van der Waals surface area contributed by atoms with E-state index in [-0.39, 0.29) is 18.0 Å². The molecule has 2 N–H and O–H groups in total. The van der Waals surface area contributed by atoms with E-state index >= 15 is 0 Å². The predicted molar refractivity (Wildman–Crippen MR) is 91.8 cm³/mol. The summed E-state index contributed by atoms with van der Waals surface area (Å²) in [4.78, 5) is 47.7. The molecule has 0 spiro atoms. The molecule has 0 radical (unpaired) electrons. The Hall–Kier alpha value is -2.81. The largest absolute Gasteiger partial charge is 0.479 e. The van der Waals surface area contributed by atoms with Crippen molar-refractivity contribution >= 4 is 23.3 Å².